The van der Waals surface area contributed by atoms with Crippen molar-refractivity contribution in [3.63, 3.8) is 0 Å². The molecule has 0 aliphatic rings. The van der Waals surface area contributed by atoms with Crippen LogP contribution in [0.1, 0.15) is 77.6 Å². The highest BCUT2D eigenvalue weighted by molar-refractivity contribution is 6.53. The van der Waals surface area contributed by atoms with Gasteiger partial charge < -0.3 is 0 Å². The van der Waals surface area contributed by atoms with Gasteiger partial charge >= 0.3 is 45.7 Å². The zero-order chi connectivity index (χ0) is 32.6. The molecule has 0 rings (SSSR count). The maximum absolute atomic E-state index is 14.4. The minimum atomic E-state index is -9.05. The van der Waals surface area contributed by atoms with Crippen LogP contribution in [0.25, 0.3) is 0 Å². The topological polar surface area (TPSA) is 27.7 Å². The van der Waals surface area contributed by atoms with Crippen LogP contribution in [0, 0.1) is 5.92 Å². The third-order valence-corrected chi connectivity index (χ3v) is 6.94. The van der Waals surface area contributed by atoms with Gasteiger partial charge in [0.1, 0.15) is 0 Å². The molecule has 41 heavy (non-hydrogen) atoms. The molecule has 0 radical (unpaired) electrons. The molecule has 0 amide bonds. The molecule has 0 saturated heterocycles. The van der Waals surface area contributed by atoms with Gasteiger partial charge in [-0.2, -0.15) is 61.5 Å². The monoisotopic (exact) mass is 666 g/mol. The Morgan fingerprint density at radius 2 is 0.829 bits per heavy atom. The van der Waals surface area contributed by atoms with Gasteiger partial charge in [0, 0.05) is 0 Å². The summed E-state index contributed by atoms with van der Waals surface area (Å²) in [5, 5.41) is 0. The van der Waals surface area contributed by atoms with Gasteiger partial charge in [0.25, 0.3) is 0 Å². The van der Waals surface area contributed by atoms with Crippen molar-refractivity contribution >= 4 is 9.14 Å². The van der Waals surface area contributed by atoms with E-state index in [-0.39, 0.29) is 12.8 Å². The highest BCUT2D eigenvalue weighted by Crippen LogP contribution is 2.50. The highest BCUT2D eigenvalue weighted by Gasteiger charge is 2.77. The third kappa shape index (κ3) is 12.2. The van der Waals surface area contributed by atoms with E-state index in [2.05, 4.69) is 4.43 Å². The van der Waals surface area contributed by atoms with Gasteiger partial charge in [0.05, 0.1) is 5.92 Å². The van der Waals surface area contributed by atoms with Crippen molar-refractivity contribution in [3.8, 4) is 0 Å². The van der Waals surface area contributed by atoms with E-state index in [1.165, 1.54) is 0 Å². The minimum absolute atomic E-state index is 0.0929. The van der Waals surface area contributed by atoms with Crippen LogP contribution in [0.4, 0.5) is 74.4 Å². The molecule has 0 aliphatic carbocycles. The van der Waals surface area contributed by atoms with Crippen molar-refractivity contribution < 1.29 is 87.6 Å². The van der Waals surface area contributed by atoms with Crippen molar-refractivity contribution in [2.24, 2.45) is 5.92 Å². The fraction of sp³-hybridized carbons (Fsp3) is 1.00. The van der Waals surface area contributed by atoms with Gasteiger partial charge in [-0.3, -0.25) is 13.3 Å². The van der Waals surface area contributed by atoms with Crippen LogP contribution in [0.3, 0.4) is 0 Å². The summed E-state index contributed by atoms with van der Waals surface area (Å²) < 4.78 is 230. The van der Waals surface area contributed by atoms with Crippen molar-refractivity contribution in [1.29, 1.82) is 0 Å². The lowest BCUT2D eigenvalue weighted by Gasteiger charge is -2.36. The predicted octanol–water partition coefficient (Wildman–Crippen LogP) is 10.2. The normalized spacial score (nSPS) is 15.6. The second-order valence-corrected chi connectivity index (χ2v) is 10.4. The van der Waals surface area contributed by atoms with Crippen molar-refractivity contribution in [1.82, 2.24) is 0 Å². The van der Waals surface area contributed by atoms with Gasteiger partial charge in [-0.15, -0.1) is 0 Å². The molecule has 0 aromatic heterocycles. The van der Waals surface area contributed by atoms with E-state index < -0.39 is 70.9 Å². The summed E-state index contributed by atoms with van der Waals surface area (Å²) in [6, 6.07) is 0. The molecule has 21 heteroatoms. The number of hydrogen-bond donors (Lipinski definition) is 0. The first-order valence-corrected chi connectivity index (χ1v) is 13.6. The lowest BCUT2D eigenvalue weighted by atomic mass is 9.93. The Labute approximate surface area is 224 Å². The summed E-state index contributed by atoms with van der Waals surface area (Å²) in [6.45, 7) is 1.98. The van der Waals surface area contributed by atoms with Crippen molar-refractivity contribution in [3.05, 3.63) is 0 Å². The molecule has 0 heterocycles. The molecule has 3 nitrogen and oxygen atoms in total. The van der Waals surface area contributed by atoms with E-state index in [1.807, 2.05) is 15.8 Å². The van der Waals surface area contributed by atoms with Gasteiger partial charge in [0.2, 0.25) is 6.43 Å². The first-order valence-electron chi connectivity index (χ1n) is 12.0. The third-order valence-electron chi connectivity index (χ3n) is 5.44. The van der Waals surface area contributed by atoms with E-state index >= 15 is 0 Å². The molecular weight excluding hydrogens is 639 g/mol. The molecule has 0 fully saturated rings. The minimum Gasteiger partial charge on any atom is -0.282 e. The summed E-state index contributed by atoms with van der Waals surface area (Å²) in [5.41, 5.74) is 0. The van der Waals surface area contributed by atoms with E-state index in [4.69, 9.17) is 0 Å². The summed E-state index contributed by atoms with van der Waals surface area (Å²) in [7, 11) is -9.05. The lowest BCUT2D eigenvalue weighted by molar-refractivity contribution is -0.422. The smallest absolute Gasteiger partial charge is 0.282 e. The van der Waals surface area contributed by atoms with Gasteiger partial charge in [-0.1, -0.05) is 71.1 Å². The molecule has 1 unspecified atom stereocenters. The summed E-state index contributed by atoms with van der Waals surface area (Å²) in [4.78, 5) is 0. The molecule has 248 valence electrons. The Morgan fingerprint density at radius 3 is 1.15 bits per heavy atom. The first kappa shape index (κ1) is 39.9. The fourth-order valence-electron chi connectivity index (χ4n) is 3.24. The van der Waals surface area contributed by atoms with Crippen molar-refractivity contribution in [2.45, 2.75) is 121 Å². The molecule has 0 spiro atoms. The quantitative estimate of drug-likeness (QED) is 0.0561. The molecule has 0 aromatic carbocycles. The molecule has 0 aromatic rings. The molecule has 1 atom stereocenters. The Morgan fingerprint density at radius 1 is 0.512 bits per heavy atom. The number of halogens is 17. The Kier molecular flexibility index (Phi) is 14.7. The summed E-state index contributed by atoms with van der Waals surface area (Å²) >= 11 is 0. The van der Waals surface area contributed by atoms with E-state index in [1.54, 1.807) is 0 Å². The fourth-order valence-corrected chi connectivity index (χ4v) is 4.65. The average molecular weight is 666 g/mol. The molecular formula is C20H27F17O3Si. The summed E-state index contributed by atoms with van der Waals surface area (Å²) in [6.07, 6.45) is -36.5. The number of hydrogen-bond acceptors (Lipinski definition) is 3. The zero-order valence-electron chi connectivity index (χ0n) is 21.1. The Hall–Kier alpha value is -1.09. The van der Waals surface area contributed by atoms with Crippen LogP contribution in [0.15, 0.2) is 0 Å². The van der Waals surface area contributed by atoms with Crippen LogP contribution in [0.5, 0.6) is 0 Å². The van der Waals surface area contributed by atoms with Crippen LogP contribution in [0.2, 0.25) is 0 Å². The van der Waals surface area contributed by atoms with Crippen LogP contribution in [-0.2, 0) is 13.3 Å². The Bertz CT molecular complexity index is 730. The highest BCUT2D eigenvalue weighted by atomic mass is 28.4. The zero-order valence-corrected chi connectivity index (χ0v) is 22.1. The Balaban J connectivity index is 5.76. The standard InChI is InChI=1S/C20H27F17O3Si/c1-2-3-4-5-6-7-8-9-10-11-12-13(14(21)22)15(23,24)18(31,32)38-41(37,39-19(33,34)16(25,26)27)40-20(35,36)17(28,29)30/h13-14H,2-12H2,1H3. The van der Waals surface area contributed by atoms with E-state index in [9.17, 15) is 74.4 Å². The van der Waals surface area contributed by atoms with E-state index in [0.717, 1.165) is 32.1 Å². The van der Waals surface area contributed by atoms with Gasteiger partial charge in [-0.25, -0.2) is 12.9 Å². The van der Waals surface area contributed by atoms with E-state index in [0.29, 0.717) is 12.8 Å². The number of unbranched alkanes of at least 4 members (excludes halogenated alkanes) is 9. The maximum Gasteiger partial charge on any atom is 0.734 e. The lowest BCUT2D eigenvalue weighted by Crippen LogP contribution is -2.63. The van der Waals surface area contributed by atoms with Gasteiger partial charge in [0.15, 0.2) is 0 Å². The largest absolute Gasteiger partial charge is 0.734 e. The SMILES string of the molecule is CCCCCCCCCCCCC(C(F)F)C(F)(F)C(F)(F)O[Si](F)(OC(F)(F)C(F)(F)F)OC(F)(F)C(F)(F)F. The van der Waals surface area contributed by atoms with Crippen LogP contribution < -0.4 is 0 Å². The maximum atomic E-state index is 14.4. The second kappa shape index (κ2) is 15.1. The molecule has 0 aliphatic heterocycles. The average Bonchev–Trinajstić information content (AvgIpc) is 2.73. The molecule has 0 bridgehead atoms. The van der Waals surface area contributed by atoms with Crippen LogP contribution >= 0.6 is 0 Å². The first-order chi connectivity index (χ1) is 18.3. The number of rotatable bonds is 20. The predicted molar refractivity (Wildman–Crippen MR) is 108 cm³/mol. The number of alkyl halides is 16. The second-order valence-electron chi connectivity index (χ2n) is 8.87. The van der Waals surface area contributed by atoms with Gasteiger partial charge in [-0.05, 0) is 6.42 Å². The summed E-state index contributed by atoms with van der Waals surface area (Å²) in [5.74, 6) is -10.3. The molecule has 0 N–H and O–H groups in total. The van der Waals surface area contributed by atoms with Crippen molar-refractivity contribution in [2.75, 3.05) is 0 Å². The molecule has 0 saturated carbocycles. The van der Waals surface area contributed by atoms with Crippen LogP contribution in [-0.4, -0.2) is 52.2 Å².